The van der Waals surface area contributed by atoms with Gasteiger partial charge in [-0.1, -0.05) is 0 Å². The van der Waals surface area contributed by atoms with Crippen LogP contribution in [0.25, 0.3) is 0 Å². The zero-order chi connectivity index (χ0) is 27.4. The maximum atomic E-state index is 14.4. The van der Waals surface area contributed by atoms with Gasteiger partial charge in [0.15, 0.2) is 5.69 Å². The number of anilines is 1. The molecule has 0 aliphatic carbocycles. The fourth-order valence-electron chi connectivity index (χ4n) is 3.90. The number of carbonyl (C=O) groups excluding carboxylic acids is 1. The van der Waals surface area contributed by atoms with Crippen molar-refractivity contribution in [1.82, 2.24) is 24.2 Å². The van der Waals surface area contributed by atoms with E-state index in [1.54, 1.807) is 6.92 Å². The minimum absolute atomic E-state index is 0.0605. The van der Waals surface area contributed by atoms with Crippen LogP contribution in [0.1, 0.15) is 38.7 Å². The molecule has 4 heterocycles. The smallest absolute Gasteiger partial charge is 0.434 e. The highest BCUT2D eigenvalue weighted by Crippen LogP contribution is 2.28. The van der Waals surface area contributed by atoms with Gasteiger partial charge >= 0.3 is 6.18 Å². The van der Waals surface area contributed by atoms with Crippen LogP contribution in [0.4, 0.5) is 32.0 Å². The van der Waals surface area contributed by atoms with Crippen molar-refractivity contribution in [2.75, 3.05) is 25.0 Å². The van der Waals surface area contributed by atoms with E-state index in [0.717, 1.165) is 17.7 Å². The number of ether oxygens (including phenoxy) is 1. The number of hydrogen-bond acceptors (Lipinski definition) is 8. The molecule has 1 N–H and O–H groups in total. The van der Waals surface area contributed by atoms with Crippen LogP contribution in [0, 0.1) is 6.92 Å². The molecule has 1 aliphatic rings. The maximum Gasteiger partial charge on any atom is 0.434 e. The number of rotatable bonds is 8. The lowest BCUT2D eigenvalue weighted by Crippen LogP contribution is -2.48. The second-order valence-corrected chi connectivity index (χ2v) is 9.44. The zero-order valence-corrected chi connectivity index (χ0v) is 20.7. The van der Waals surface area contributed by atoms with E-state index in [1.165, 1.54) is 23.2 Å². The molecule has 1 amide bonds. The van der Waals surface area contributed by atoms with Crippen LogP contribution < -0.4 is 10.1 Å². The lowest BCUT2D eigenvalue weighted by atomic mass is 10.1. The molecular formula is C23H22F6N6O2S. The monoisotopic (exact) mass is 560 g/mol. The third-order valence-corrected chi connectivity index (χ3v) is 6.66. The van der Waals surface area contributed by atoms with Crippen molar-refractivity contribution < 1.29 is 35.9 Å². The number of pyridine rings is 1. The fourth-order valence-corrected chi connectivity index (χ4v) is 4.78. The molecule has 0 radical (unpaired) electrons. The molecule has 38 heavy (non-hydrogen) atoms. The summed E-state index contributed by atoms with van der Waals surface area (Å²) >= 11 is 1.03. The lowest BCUT2D eigenvalue weighted by molar-refractivity contribution is -0.141. The topological polar surface area (TPSA) is 93.1 Å². The number of alkyl halides is 6. The van der Waals surface area contributed by atoms with Crippen molar-refractivity contribution in [2.24, 2.45) is 0 Å². The van der Waals surface area contributed by atoms with E-state index in [9.17, 15) is 31.1 Å². The second kappa shape index (κ2) is 11.6. The summed E-state index contributed by atoms with van der Waals surface area (Å²) in [7, 11) is 0. The van der Waals surface area contributed by atoms with Gasteiger partial charge in [-0.15, -0.1) is 0 Å². The molecule has 204 valence electrons. The Labute approximate surface area is 217 Å². The molecule has 8 nitrogen and oxygen atoms in total. The highest BCUT2D eigenvalue weighted by atomic mass is 32.1. The van der Waals surface area contributed by atoms with Gasteiger partial charge in [-0.2, -0.15) is 17.5 Å². The zero-order valence-electron chi connectivity index (χ0n) is 19.9. The number of piperidine rings is 1. The minimum Gasteiger partial charge on any atom is -0.471 e. The SMILES string of the molecule is Cc1nsc(Cc2cnc(C(F)(F)F)cn2)c1C(=O)Nc1ccc(O[C@H]2CCN(CC(F)F)C[C@@H]2F)nc1. The largest absolute Gasteiger partial charge is 0.471 e. The van der Waals surface area contributed by atoms with E-state index in [1.807, 2.05) is 0 Å². The van der Waals surface area contributed by atoms with Crippen molar-refractivity contribution in [3.05, 3.63) is 58.2 Å². The Morgan fingerprint density at radius 3 is 2.61 bits per heavy atom. The van der Waals surface area contributed by atoms with Crippen LogP contribution in [0.5, 0.6) is 5.88 Å². The van der Waals surface area contributed by atoms with Crippen LogP contribution in [-0.4, -0.2) is 68.5 Å². The van der Waals surface area contributed by atoms with Gasteiger partial charge in [-0.3, -0.25) is 14.7 Å². The van der Waals surface area contributed by atoms with Gasteiger partial charge in [-0.25, -0.2) is 23.1 Å². The molecule has 3 aromatic heterocycles. The number of likely N-dealkylation sites (tertiary alicyclic amines) is 1. The van der Waals surface area contributed by atoms with E-state index in [2.05, 4.69) is 24.6 Å². The number of aromatic nitrogens is 4. The molecule has 1 aliphatic heterocycles. The predicted octanol–water partition coefficient (Wildman–Crippen LogP) is 4.55. The molecule has 1 saturated heterocycles. The molecule has 0 spiro atoms. The molecule has 0 saturated carbocycles. The standard InChI is InChI=1S/C23H22F6N6O2S/c1-12-21(17(38-34-12)6-14-8-31-18(9-30-14)23(27,28)29)22(36)33-13-2-3-20(32-7-13)37-16-4-5-35(10-15(16)24)11-19(25)26/h2-3,7-9,15-16,19H,4-6,10-11H2,1H3,(H,33,36)/t15-,16-/m0/s1. The predicted molar refractivity (Wildman–Crippen MR) is 125 cm³/mol. The molecule has 2 atom stereocenters. The maximum absolute atomic E-state index is 14.4. The summed E-state index contributed by atoms with van der Waals surface area (Å²) in [5.74, 6) is -0.385. The Morgan fingerprint density at radius 2 is 2.00 bits per heavy atom. The summed E-state index contributed by atoms with van der Waals surface area (Å²) in [5.41, 5.74) is 0.135. The van der Waals surface area contributed by atoms with Gasteiger partial charge in [0, 0.05) is 43.1 Å². The third-order valence-electron chi connectivity index (χ3n) is 5.73. The van der Waals surface area contributed by atoms with E-state index in [4.69, 9.17) is 4.74 Å². The average Bonchev–Trinajstić information content (AvgIpc) is 3.21. The van der Waals surface area contributed by atoms with Gasteiger partial charge < -0.3 is 10.1 Å². The Morgan fingerprint density at radius 1 is 1.21 bits per heavy atom. The Kier molecular flexibility index (Phi) is 8.45. The molecule has 15 heteroatoms. The first-order valence-corrected chi connectivity index (χ1v) is 12.2. The molecule has 0 aromatic carbocycles. The van der Waals surface area contributed by atoms with Gasteiger partial charge in [-0.05, 0) is 24.5 Å². The summed E-state index contributed by atoms with van der Waals surface area (Å²) in [6, 6.07) is 2.96. The summed E-state index contributed by atoms with van der Waals surface area (Å²) in [4.78, 5) is 26.1. The van der Waals surface area contributed by atoms with Gasteiger partial charge in [0.25, 0.3) is 12.3 Å². The normalized spacial score (nSPS) is 18.5. The van der Waals surface area contributed by atoms with Crippen LogP contribution in [0.15, 0.2) is 30.7 Å². The second-order valence-electron chi connectivity index (χ2n) is 8.58. The quantitative estimate of drug-likeness (QED) is 0.404. The Hall–Kier alpha value is -3.33. The van der Waals surface area contributed by atoms with E-state index in [-0.39, 0.29) is 43.1 Å². The molecular weight excluding hydrogens is 538 g/mol. The minimum atomic E-state index is -4.60. The number of nitrogens with one attached hydrogen (secondary N) is 1. The summed E-state index contributed by atoms with van der Waals surface area (Å²) in [6.07, 6.45) is -6.17. The van der Waals surface area contributed by atoms with Crippen LogP contribution >= 0.6 is 11.5 Å². The van der Waals surface area contributed by atoms with Gasteiger partial charge in [0.1, 0.15) is 12.3 Å². The highest BCUT2D eigenvalue weighted by molar-refractivity contribution is 7.06. The number of hydrogen-bond donors (Lipinski definition) is 1. The van der Waals surface area contributed by atoms with Crippen molar-refractivity contribution in [3.8, 4) is 5.88 Å². The van der Waals surface area contributed by atoms with Crippen molar-refractivity contribution >= 4 is 23.1 Å². The number of aryl methyl sites for hydroxylation is 1. The number of nitrogens with zero attached hydrogens (tertiary/aromatic N) is 5. The first-order valence-electron chi connectivity index (χ1n) is 11.4. The molecule has 0 unspecified atom stereocenters. The third kappa shape index (κ3) is 6.95. The van der Waals surface area contributed by atoms with Crippen molar-refractivity contribution in [3.63, 3.8) is 0 Å². The Balaban J connectivity index is 1.36. The van der Waals surface area contributed by atoms with E-state index >= 15 is 0 Å². The van der Waals surface area contributed by atoms with Crippen LogP contribution in [0.2, 0.25) is 0 Å². The number of amides is 1. The van der Waals surface area contributed by atoms with E-state index in [0.29, 0.717) is 22.5 Å². The number of carbonyl (C=O) groups is 1. The lowest BCUT2D eigenvalue weighted by Gasteiger charge is -2.34. The molecule has 1 fully saturated rings. The van der Waals surface area contributed by atoms with Gasteiger partial charge in [0.2, 0.25) is 5.88 Å². The van der Waals surface area contributed by atoms with Crippen LogP contribution in [0.3, 0.4) is 0 Å². The van der Waals surface area contributed by atoms with Crippen molar-refractivity contribution in [1.29, 1.82) is 0 Å². The first-order chi connectivity index (χ1) is 18.0. The summed E-state index contributed by atoms with van der Waals surface area (Å²) in [6.45, 7) is 1.26. The van der Waals surface area contributed by atoms with Crippen LogP contribution in [-0.2, 0) is 12.6 Å². The first kappa shape index (κ1) is 27.7. The highest BCUT2D eigenvalue weighted by Gasteiger charge is 2.33. The van der Waals surface area contributed by atoms with E-state index < -0.39 is 43.0 Å². The Bertz CT molecular complexity index is 1240. The van der Waals surface area contributed by atoms with Crippen molar-refractivity contribution in [2.45, 2.75) is 44.6 Å². The van der Waals surface area contributed by atoms with Gasteiger partial charge in [0.05, 0.1) is 41.6 Å². The fraction of sp³-hybridized carbons (Fsp3) is 0.435. The summed E-state index contributed by atoms with van der Waals surface area (Å²) < 4.78 is 87.4. The molecule has 3 aromatic rings. The molecule has 0 bridgehead atoms. The summed E-state index contributed by atoms with van der Waals surface area (Å²) in [5, 5.41) is 2.68. The number of halogens is 6. The molecule has 4 rings (SSSR count). The average molecular weight is 561 g/mol.